The number of ether oxygens (including phenoxy) is 3. The van der Waals surface area contributed by atoms with Gasteiger partial charge in [0.25, 0.3) is 0 Å². The molecular weight excluding hydrogens is 274 g/mol. The molecule has 21 heavy (non-hydrogen) atoms. The maximum absolute atomic E-state index is 12.1. The van der Waals surface area contributed by atoms with E-state index in [1.807, 2.05) is 0 Å². The molecule has 1 rings (SSSR count). The highest BCUT2D eigenvalue weighted by molar-refractivity contribution is 5.93. The lowest BCUT2D eigenvalue weighted by molar-refractivity contribution is -0.145. The number of hydrogen-bond acceptors (Lipinski definition) is 6. The molecule has 116 valence electrons. The van der Waals surface area contributed by atoms with E-state index in [0.717, 1.165) is 0 Å². The van der Waals surface area contributed by atoms with Crippen molar-refractivity contribution < 1.29 is 23.8 Å². The fraction of sp³-hybridized carbons (Fsp3) is 0.467. The highest BCUT2D eigenvalue weighted by Crippen LogP contribution is 2.24. The molecule has 0 bridgehead atoms. The van der Waals surface area contributed by atoms with Crippen LogP contribution in [0.2, 0.25) is 0 Å². The first kappa shape index (κ1) is 16.8. The first-order chi connectivity index (χ1) is 9.73. The average molecular weight is 295 g/mol. The molecule has 0 saturated heterocycles. The molecule has 1 aromatic carbocycles. The van der Waals surface area contributed by atoms with Crippen LogP contribution in [-0.2, 0) is 14.3 Å². The second kappa shape index (κ2) is 6.97. The van der Waals surface area contributed by atoms with Crippen molar-refractivity contribution in [1.29, 1.82) is 0 Å². The summed E-state index contributed by atoms with van der Waals surface area (Å²) in [6.45, 7) is 6.96. The molecule has 0 aliphatic rings. The van der Waals surface area contributed by atoms with Gasteiger partial charge in [0.1, 0.15) is 16.9 Å². The van der Waals surface area contributed by atoms with Gasteiger partial charge < -0.3 is 19.9 Å². The minimum atomic E-state index is -0.628. The molecule has 0 atom stereocenters. The third-order valence-electron chi connectivity index (χ3n) is 2.28. The van der Waals surface area contributed by atoms with Crippen LogP contribution < -0.4 is 10.5 Å². The Kier molecular flexibility index (Phi) is 5.58. The predicted octanol–water partition coefficient (Wildman–Crippen LogP) is 2.17. The molecule has 0 heterocycles. The summed E-state index contributed by atoms with van der Waals surface area (Å²) in [5, 5.41) is 0. The lowest BCUT2D eigenvalue weighted by atomic mass is 10.1. The molecule has 0 radical (unpaired) electrons. The van der Waals surface area contributed by atoms with Crippen LogP contribution in [0, 0.1) is 0 Å². The largest absolute Gasteiger partial charge is 0.481 e. The summed E-state index contributed by atoms with van der Waals surface area (Å²) in [5.41, 5.74) is 5.67. The highest BCUT2D eigenvalue weighted by atomic mass is 16.6. The molecule has 0 fully saturated rings. The number of benzene rings is 1. The molecular formula is C15H21NO5. The van der Waals surface area contributed by atoms with Crippen molar-refractivity contribution in [2.75, 3.05) is 18.9 Å². The molecule has 6 nitrogen and oxygen atoms in total. The van der Waals surface area contributed by atoms with Crippen molar-refractivity contribution in [1.82, 2.24) is 0 Å². The Morgan fingerprint density at radius 1 is 1.24 bits per heavy atom. The smallest absolute Gasteiger partial charge is 0.344 e. The molecule has 0 aliphatic heterocycles. The topological polar surface area (TPSA) is 87.9 Å². The first-order valence-electron chi connectivity index (χ1n) is 6.64. The van der Waals surface area contributed by atoms with E-state index in [9.17, 15) is 9.59 Å². The maximum Gasteiger partial charge on any atom is 0.344 e. The van der Waals surface area contributed by atoms with E-state index in [-0.39, 0.29) is 24.5 Å². The SMILES string of the molecule is CCOC(=O)COc1cc(N)ccc1C(=O)OC(C)(C)C. The van der Waals surface area contributed by atoms with E-state index in [0.29, 0.717) is 5.69 Å². The van der Waals surface area contributed by atoms with Crippen LogP contribution in [0.15, 0.2) is 18.2 Å². The fourth-order valence-electron chi connectivity index (χ4n) is 1.50. The lowest BCUT2D eigenvalue weighted by Crippen LogP contribution is -2.24. The van der Waals surface area contributed by atoms with Gasteiger partial charge in [0.05, 0.1) is 6.61 Å². The predicted molar refractivity (Wildman–Crippen MR) is 78.2 cm³/mol. The Bertz CT molecular complexity index is 519. The molecule has 0 amide bonds. The average Bonchev–Trinajstić information content (AvgIpc) is 2.34. The molecule has 0 aliphatic carbocycles. The quantitative estimate of drug-likeness (QED) is 0.661. The van der Waals surface area contributed by atoms with Gasteiger partial charge in [-0.1, -0.05) is 0 Å². The van der Waals surface area contributed by atoms with Gasteiger partial charge in [-0.05, 0) is 39.8 Å². The van der Waals surface area contributed by atoms with Crippen LogP contribution in [0.25, 0.3) is 0 Å². The summed E-state index contributed by atoms with van der Waals surface area (Å²) in [4.78, 5) is 23.4. The molecule has 0 unspecified atom stereocenters. The summed E-state index contributed by atoms with van der Waals surface area (Å²) >= 11 is 0. The maximum atomic E-state index is 12.1. The van der Waals surface area contributed by atoms with E-state index < -0.39 is 17.5 Å². The van der Waals surface area contributed by atoms with Crippen LogP contribution >= 0.6 is 0 Å². The Morgan fingerprint density at radius 3 is 2.48 bits per heavy atom. The summed E-state index contributed by atoms with van der Waals surface area (Å²) in [7, 11) is 0. The molecule has 0 aromatic heterocycles. The molecule has 1 aromatic rings. The number of hydrogen-bond donors (Lipinski definition) is 1. The summed E-state index contributed by atoms with van der Waals surface area (Å²) < 4.78 is 15.4. The van der Waals surface area contributed by atoms with E-state index in [4.69, 9.17) is 19.9 Å². The Balaban J connectivity index is 2.89. The van der Waals surface area contributed by atoms with Crippen LogP contribution in [-0.4, -0.2) is 30.8 Å². The van der Waals surface area contributed by atoms with Crippen molar-refractivity contribution in [2.45, 2.75) is 33.3 Å². The van der Waals surface area contributed by atoms with Crippen LogP contribution in [0.3, 0.4) is 0 Å². The Labute approximate surface area is 124 Å². The van der Waals surface area contributed by atoms with Gasteiger partial charge in [0, 0.05) is 11.8 Å². The van der Waals surface area contributed by atoms with Gasteiger partial charge in [-0.2, -0.15) is 0 Å². The second-order valence-corrected chi connectivity index (χ2v) is 5.35. The zero-order chi connectivity index (χ0) is 16.0. The monoisotopic (exact) mass is 295 g/mol. The summed E-state index contributed by atoms with van der Waals surface area (Å²) in [5.74, 6) is -0.867. The normalized spacial score (nSPS) is 10.9. The number of carbonyl (C=O) groups is 2. The van der Waals surface area contributed by atoms with Gasteiger partial charge >= 0.3 is 11.9 Å². The highest BCUT2D eigenvalue weighted by Gasteiger charge is 2.21. The number of carbonyl (C=O) groups excluding carboxylic acids is 2. The van der Waals surface area contributed by atoms with Crippen molar-refractivity contribution in [3.8, 4) is 5.75 Å². The van der Waals surface area contributed by atoms with Crippen LogP contribution in [0.4, 0.5) is 5.69 Å². The van der Waals surface area contributed by atoms with E-state index in [1.165, 1.54) is 12.1 Å². The van der Waals surface area contributed by atoms with Crippen molar-refractivity contribution in [3.63, 3.8) is 0 Å². The molecule has 2 N–H and O–H groups in total. The zero-order valence-electron chi connectivity index (χ0n) is 12.8. The van der Waals surface area contributed by atoms with Crippen LogP contribution in [0.1, 0.15) is 38.1 Å². The van der Waals surface area contributed by atoms with E-state index in [2.05, 4.69) is 0 Å². The minimum Gasteiger partial charge on any atom is -0.481 e. The summed E-state index contributed by atoms with van der Waals surface area (Å²) in [6.07, 6.45) is 0. The fourth-order valence-corrected chi connectivity index (χ4v) is 1.50. The van der Waals surface area contributed by atoms with Crippen molar-refractivity contribution in [3.05, 3.63) is 23.8 Å². The standard InChI is InChI=1S/C15H21NO5/c1-5-19-13(17)9-20-12-8-10(16)6-7-11(12)14(18)21-15(2,3)4/h6-8H,5,9,16H2,1-4H3. The number of esters is 2. The summed E-state index contributed by atoms with van der Waals surface area (Å²) in [6, 6.07) is 4.54. The number of rotatable bonds is 5. The van der Waals surface area contributed by atoms with Crippen molar-refractivity contribution >= 4 is 17.6 Å². The van der Waals surface area contributed by atoms with Crippen molar-refractivity contribution in [2.24, 2.45) is 0 Å². The third-order valence-corrected chi connectivity index (χ3v) is 2.28. The minimum absolute atomic E-state index is 0.192. The Morgan fingerprint density at radius 2 is 1.90 bits per heavy atom. The third kappa shape index (κ3) is 5.72. The first-order valence-corrected chi connectivity index (χ1v) is 6.64. The van der Waals surface area contributed by atoms with Gasteiger partial charge in [-0.25, -0.2) is 9.59 Å². The van der Waals surface area contributed by atoms with E-state index in [1.54, 1.807) is 33.8 Å². The van der Waals surface area contributed by atoms with E-state index >= 15 is 0 Å². The van der Waals surface area contributed by atoms with Gasteiger partial charge in [0.2, 0.25) is 0 Å². The van der Waals surface area contributed by atoms with Crippen LogP contribution in [0.5, 0.6) is 5.75 Å². The molecule has 6 heteroatoms. The molecule has 0 saturated carbocycles. The lowest BCUT2D eigenvalue weighted by Gasteiger charge is -2.20. The van der Waals surface area contributed by atoms with Gasteiger partial charge in [-0.15, -0.1) is 0 Å². The number of nitrogens with two attached hydrogens (primary N) is 1. The number of nitrogen functional groups attached to an aromatic ring is 1. The van der Waals surface area contributed by atoms with Gasteiger partial charge in [0.15, 0.2) is 6.61 Å². The number of anilines is 1. The Hall–Kier alpha value is -2.24. The van der Waals surface area contributed by atoms with Gasteiger partial charge in [-0.3, -0.25) is 0 Å². The zero-order valence-corrected chi connectivity index (χ0v) is 12.8. The second-order valence-electron chi connectivity index (χ2n) is 5.35. The molecule has 0 spiro atoms.